The number of aromatic nitrogens is 9. The third-order valence-electron chi connectivity index (χ3n) is 20.1. The molecule has 12 aromatic heterocycles. The summed E-state index contributed by atoms with van der Waals surface area (Å²) in [5.41, 5.74) is 19.7. The Bertz CT molecular complexity index is 6760. The van der Waals surface area contributed by atoms with Crippen LogP contribution < -0.4 is 0 Å². The second-order valence-corrected chi connectivity index (χ2v) is 29.7. The Balaban J connectivity index is 0.000000107. The van der Waals surface area contributed by atoms with Crippen molar-refractivity contribution in [2.45, 2.75) is 0 Å². The molecule has 0 fully saturated rings. The monoisotopic (exact) mass is 1440 g/mol. The number of pyridine rings is 6. The van der Waals surface area contributed by atoms with Gasteiger partial charge >= 0.3 is 0 Å². The smallest absolute Gasteiger partial charge is 0.138 e. The van der Waals surface area contributed by atoms with Gasteiger partial charge in [-0.15, -0.1) is 34.0 Å². The van der Waals surface area contributed by atoms with Gasteiger partial charge in [-0.05, 0) is 178 Å². The zero-order valence-corrected chi connectivity index (χ0v) is 60.4. The SMILES string of the molecule is c1ccc(-c2cc3ccc4c(c5ccccc5n4-c4cc(-c5ccccn5)cc(-c5ccccn5)c4)c3s2)cc1.c1ccc(-c2cc3ccc4c(c5ccccc5n4-c4cccc(-c5ccccn5)n4)c3s2)cc1.c1ccc(-c2cc3ccc4c(c5ccccc5n4-c4cccc(-c5ccncc5)n4)c3s2)cc1. The Morgan fingerprint density at radius 1 is 0.222 bits per heavy atom. The second kappa shape index (κ2) is 27.5. The van der Waals surface area contributed by atoms with Crippen LogP contribution in [0.15, 0.2) is 371 Å². The lowest BCUT2D eigenvalue weighted by molar-refractivity contribution is 1.08. The Kier molecular flexibility index (Phi) is 16.3. The Morgan fingerprint density at radius 2 is 0.583 bits per heavy atom. The van der Waals surface area contributed by atoms with E-state index < -0.39 is 0 Å². The van der Waals surface area contributed by atoms with Gasteiger partial charge < -0.3 is 4.57 Å². The van der Waals surface area contributed by atoms with E-state index in [0.29, 0.717) is 0 Å². The molecule has 0 aliphatic rings. The van der Waals surface area contributed by atoms with Crippen LogP contribution in [0.2, 0.25) is 0 Å². The lowest BCUT2D eigenvalue weighted by Crippen LogP contribution is -1.98. The molecule has 10 aromatic carbocycles. The maximum absolute atomic E-state index is 5.06. The normalized spacial score (nSPS) is 11.5. The fourth-order valence-corrected chi connectivity index (χ4v) is 18.9. The molecule has 0 aliphatic carbocycles. The van der Waals surface area contributed by atoms with Crippen molar-refractivity contribution in [3.8, 4) is 93.8 Å². The molecule has 508 valence electrons. The highest BCUT2D eigenvalue weighted by Gasteiger charge is 2.23. The highest BCUT2D eigenvalue weighted by Crippen LogP contribution is 2.47. The van der Waals surface area contributed by atoms with Crippen LogP contribution in [-0.4, -0.2) is 43.6 Å². The number of para-hydroxylation sites is 3. The summed E-state index contributed by atoms with van der Waals surface area (Å²) in [5, 5.41) is 11.4. The minimum atomic E-state index is 0.868. The molecule has 0 spiro atoms. The van der Waals surface area contributed by atoms with Crippen LogP contribution in [-0.2, 0) is 0 Å². The predicted octanol–water partition coefficient (Wildman–Crippen LogP) is 26.0. The summed E-state index contributed by atoms with van der Waals surface area (Å²) in [6.07, 6.45) is 9.12. The zero-order valence-electron chi connectivity index (χ0n) is 58.0. The molecule has 0 atom stereocenters. The van der Waals surface area contributed by atoms with E-state index in [1.54, 1.807) is 0 Å². The summed E-state index contributed by atoms with van der Waals surface area (Å²) >= 11 is 5.59. The molecule has 0 saturated carbocycles. The van der Waals surface area contributed by atoms with E-state index in [2.05, 4.69) is 313 Å². The van der Waals surface area contributed by atoms with Crippen LogP contribution in [0.1, 0.15) is 0 Å². The summed E-state index contributed by atoms with van der Waals surface area (Å²) in [5.74, 6) is 1.81. The summed E-state index contributed by atoms with van der Waals surface area (Å²) in [6, 6.07) is 119. The molecule has 9 nitrogen and oxygen atoms in total. The molecule has 12 heteroatoms. The summed E-state index contributed by atoms with van der Waals surface area (Å²) in [4.78, 5) is 31.9. The molecule has 0 amide bonds. The van der Waals surface area contributed by atoms with E-state index in [9.17, 15) is 0 Å². The van der Waals surface area contributed by atoms with Gasteiger partial charge in [0.05, 0.1) is 61.6 Å². The molecule has 22 aromatic rings. The molecule has 22 rings (SSSR count). The molecular formula is C96H61N9S3. The molecule has 0 radical (unpaired) electrons. The number of hydrogen-bond donors (Lipinski definition) is 0. The fraction of sp³-hybridized carbons (Fsp3) is 0. The van der Waals surface area contributed by atoms with Gasteiger partial charge in [-0.2, -0.15) is 0 Å². The molecule has 0 saturated heterocycles. The lowest BCUT2D eigenvalue weighted by atomic mass is 10.0. The number of thiophene rings is 3. The van der Waals surface area contributed by atoms with Gasteiger partial charge in [0.25, 0.3) is 0 Å². The van der Waals surface area contributed by atoms with Crippen LogP contribution in [0.5, 0.6) is 0 Å². The Hall–Kier alpha value is -13.6. The van der Waals surface area contributed by atoms with Crippen LogP contribution in [0, 0.1) is 0 Å². The predicted molar refractivity (Wildman–Crippen MR) is 453 cm³/mol. The Labute approximate surface area is 633 Å². The van der Waals surface area contributed by atoms with Gasteiger partial charge in [0.1, 0.15) is 11.6 Å². The van der Waals surface area contributed by atoms with Crippen molar-refractivity contribution in [2.75, 3.05) is 0 Å². The van der Waals surface area contributed by atoms with E-state index in [1.165, 1.54) is 121 Å². The number of hydrogen-bond acceptors (Lipinski definition) is 9. The molecular weight excluding hydrogens is 1380 g/mol. The van der Waals surface area contributed by atoms with Crippen molar-refractivity contribution in [3.05, 3.63) is 371 Å². The topological polar surface area (TPSA) is 92.1 Å². The summed E-state index contributed by atoms with van der Waals surface area (Å²) in [6.45, 7) is 0. The highest BCUT2D eigenvalue weighted by molar-refractivity contribution is 7.24. The van der Waals surface area contributed by atoms with Crippen molar-refractivity contribution in [2.24, 2.45) is 0 Å². The van der Waals surface area contributed by atoms with Crippen LogP contribution in [0.3, 0.4) is 0 Å². The van der Waals surface area contributed by atoms with E-state index >= 15 is 0 Å². The first kappa shape index (κ1) is 64.0. The van der Waals surface area contributed by atoms with Crippen molar-refractivity contribution in [3.63, 3.8) is 0 Å². The summed E-state index contributed by atoms with van der Waals surface area (Å²) < 4.78 is 10.9. The quantitative estimate of drug-likeness (QED) is 0.135. The second-order valence-electron chi connectivity index (χ2n) is 26.5. The molecule has 0 aliphatic heterocycles. The van der Waals surface area contributed by atoms with Gasteiger partial charge in [-0.25, -0.2) is 9.97 Å². The van der Waals surface area contributed by atoms with Gasteiger partial charge in [0.2, 0.25) is 0 Å². The van der Waals surface area contributed by atoms with Gasteiger partial charge in [0.15, 0.2) is 0 Å². The average molecular weight is 1440 g/mol. The van der Waals surface area contributed by atoms with E-state index in [4.69, 9.17) is 9.97 Å². The molecule has 108 heavy (non-hydrogen) atoms. The minimum absolute atomic E-state index is 0.868. The molecule has 0 bridgehead atoms. The van der Waals surface area contributed by atoms with Crippen LogP contribution in [0.4, 0.5) is 0 Å². The minimum Gasteiger partial charge on any atom is -0.309 e. The third-order valence-corrected chi connectivity index (χ3v) is 23.7. The van der Waals surface area contributed by atoms with Crippen LogP contribution >= 0.6 is 34.0 Å². The average Bonchev–Trinajstić information content (AvgIpc) is 1.58. The standard InChI is InChI=1S/C36H23N3S.2C30H19N3S/c1-2-10-24(11-3-1)34-23-25-16-17-33-35(36(25)40-34)29-12-4-5-15-32(29)39(33)28-21-26(30-13-6-8-18-37-30)20-27(22-28)31-14-7-9-19-38-31;1-2-9-20(10-3-1)27-19-21-16-17-26-29(30(21)34-27)22-11-4-5-14-25(22)33(26)28-15-8-13-24(32-28)23-12-6-7-18-31-23;1-2-7-21(8-3-1)27-19-22-13-14-26-29(30(22)34-27)23-9-4-5-11-25(23)33(26)28-12-6-10-24(32-28)20-15-17-31-18-16-20/h1-23H;2*1-19H. The van der Waals surface area contributed by atoms with Crippen molar-refractivity contribution in [1.29, 1.82) is 0 Å². The number of nitrogens with zero attached hydrogens (tertiary/aromatic N) is 9. The van der Waals surface area contributed by atoms with E-state index in [1.807, 2.05) is 126 Å². The van der Waals surface area contributed by atoms with Crippen LogP contribution in [0.25, 0.3) is 189 Å². The van der Waals surface area contributed by atoms with Crippen molar-refractivity contribution >= 4 is 130 Å². The van der Waals surface area contributed by atoms with Gasteiger partial charge in [0, 0.05) is 114 Å². The maximum atomic E-state index is 5.06. The lowest BCUT2D eigenvalue weighted by Gasteiger charge is -2.13. The van der Waals surface area contributed by atoms with Crippen molar-refractivity contribution < 1.29 is 0 Å². The molecule has 0 unspecified atom stereocenters. The zero-order chi connectivity index (χ0) is 71.4. The highest BCUT2D eigenvalue weighted by atomic mass is 32.1. The Morgan fingerprint density at radius 3 is 1.01 bits per heavy atom. The van der Waals surface area contributed by atoms with Crippen molar-refractivity contribution in [1.82, 2.24) is 43.6 Å². The fourth-order valence-electron chi connectivity index (χ4n) is 15.2. The first-order valence-electron chi connectivity index (χ1n) is 35.9. The molecule has 12 heterocycles. The summed E-state index contributed by atoms with van der Waals surface area (Å²) in [7, 11) is 0. The number of rotatable bonds is 10. The first-order chi connectivity index (χ1) is 53.6. The van der Waals surface area contributed by atoms with E-state index in [-0.39, 0.29) is 0 Å². The van der Waals surface area contributed by atoms with E-state index in [0.717, 1.165) is 68.0 Å². The molecule has 0 N–H and O–H groups in total. The largest absolute Gasteiger partial charge is 0.309 e. The van der Waals surface area contributed by atoms with Gasteiger partial charge in [-0.3, -0.25) is 29.1 Å². The first-order valence-corrected chi connectivity index (χ1v) is 38.3. The number of benzene rings is 10. The third kappa shape index (κ3) is 11.6. The van der Waals surface area contributed by atoms with Gasteiger partial charge in [-0.1, -0.05) is 194 Å². The number of fused-ring (bicyclic) bond motifs is 15. The maximum Gasteiger partial charge on any atom is 0.138 e.